The minimum atomic E-state index is -0.867. The van der Waals surface area contributed by atoms with E-state index in [9.17, 15) is 4.79 Å². The van der Waals surface area contributed by atoms with Crippen molar-refractivity contribution in [1.82, 2.24) is 0 Å². The number of hydrogen-bond donors (Lipinski definition) is 1. The molecule has 1 heterocycles. The number of carbonyl (C=O) groups excluding carboxylic acids is 1. The van der Waals surface area contributed by atoms with Crippen molar-refractivity contribution in [3.8, 4) is 0 Å². The zero-order valence-corrected chi connectivity index (χ0v) is 7.77. The predicted octanol–water partition coefficient (Wildman–Crippen LogP) is 0.876. The van der Waals surface area contributed by atoms with Crippen LogP contribution in [0, 0.1) is 0 Å². The molecule has 0 saturated heterocycles. The van der Waals surface area contributed by atoms with Gasteiger partial charge in [0.1, 0.15) is 0 Å². The molecule has 5 heteroatoms. The summed E-state index contributed by atoms with van der Waals surface area (Å²) in [4.78, 5) is 14.4. The first-order chi connectivity index (χ1) is 5.70. The van der Waals surface area contributed by atoms with Crippen molar-refractivity contribution in [1.29, 1.82) is 0 Å². The van der Waals surface area contributed by atoms with Gasteiger partial charge in [0.05, 0.1) is 12.3 Å². The summed E-state index contributed by atoms with van der Waals surface area (Å²) in [6.45, 7) is 4.13. The molecule has 0 amide bonds. The lowest BCUT2D eigenvalue weighted by Crippen LogP contribution is -2.06. The van der Waals surface area contributed by atoms with Gasteiger partial charge in [-0.3, -0.25) is 0 Å². The zero-order valence-electron chi connectivity index (χ0n) is 6.96. The maximum absolute atomic E-state index is 10.5. The molecule has 4 nitrogen and oxygen atoms in total. The van der Waals surface area contributed by atoms with Crippen LogP contribution in [0.2, 0.25) is 0 Å². The summed E-state index contributed by atoms with van der Waals surface area (Å²) < 4.78 is 5.22. The average molecular weight is 186 g/mol. The SMILES string of the molecule is CCOC1=C(C)N=C(N)S1=C=O. The topological polar surface area (TPSA) is 64.7 Å². The van der Waals surface area contributed by atoms with E-state index in [0.717, 1.165) is 0 Å². The molecular formula is C7H10N2O2S. The first-order valence-electron chi connectivity index (χ1n) is 3.50. The minimum Gasteiger partial charge on any atom is -0.485 e. The van der Waals surface area contributed by atoms with Crippen LogP contribution in [0.5, 0.6) is 0 Å². The lowest BCUT2D eigenvalue weighted by atomic mass is 10.6. The number of allylic oxidation sites excluding steroid dienone is 1. The van der Waals surface area contributed by atoms with Gasteiger partial charge >= 0.3 is 0 Å². The Kier molecular flexibility index (Phi) is 2.68. The van der Waals surface area contributed by atoms with E-state index in [4.69, 9.17) is 10.5 Å². The van der Waals surface area contributed by atoms with Gasteiger partial charge in [-0.2, -0.15) is 0 Å². The van der Waals surface area contributed by atoms with E-state index in [2.05, 4.69) is 4.99 Å². The summed E-state index contributed by atoms with van der Waals surface area (Å²) >= 11 is 0. The van der Waals surface area contributed by atoms with E-state index >= 15 is 0 Å². The molecule has 1 rings (SSSR count). The quantitative estimate of drug-likeness (QED) is 0.651. The van der Waals surface area contributed by atoms with Crippen LogP contribution in [-0.4, -0.2) is 17.0 Å². The highest BCUT2D eigenvalue weighted by Gasteiger charge is 2.20. The molecule has 0 aromatic carbocycles. The van der Waals surface area contributed by atoms with E-state index < -0.39 is 10.5 Å². The predicted molar refractivity (Wildman–Crippen MR) is 49.2 cm³/mol. The van der Waals surface area contributed by atoms with Crippen LogP contribution in [0.3, 0.4) is 0 Å². The largest absolute Gasteiger partial charge is 0.485 e. The molecule has 12 heavy (non-hydrogen) atoms. The number of aliphatic imine (C=N–C) groups is 1. The van der Waals surface area contributed by atoms with Gasteiger partial charge in [0.2, 0.25) is 0 Å². The molecule has 0 spiro atoms. The molecule has 2 N–H and O–H groups in total. The van der Waals surface area contributed by atoms with Gasteiger partial charge in [0, 0.05) is 10.5 Å². The molecule has 0 fully saturated rings. The number of nitrogens with two attached hydrogens (primary N) is 1. The summed E-state index contributed by atoms with van der Waals surface area (Å²) in [7, 11) is -0.867. The maximum atomic E-state index is 10.5. The zero-order chi connectivity index (χ0) is 9.14. The van der Waals surface area contributed by atoms with Crippen LogP contribution in [0.4, 0.5) is 0 Å². The Morgan fingerprint density at radius 3 is 2.92 bits per heavy atom. The Balaban J connectivity index is 3.02. The van der Waals surface area contributed by atoms with Crippen molar-refractivity contribution in [2.75, 3.05) is 6.61 Å². The summed E-state index contributed by atoms with van der Waals surface area (Å²) in [5.74, 6) is 0. The molecule has 66 valence electrons. The van der Waals surface area contributed by atoms with Gasteiger partial charge in [-0.25, -0.2) is 9.79 Å². The highest BCUT2D eigenvalue weighted by atomic mass is 32.2. The number of hydrogen-bond acceptors (Lipinski definition) is 4. The number of ether oxygens (including phenoxy) is 1. The standard InChI is InChI=1S/C7H10N2O2S/c1-3-11-6-5(2)9-7(8)12(6)4-10/h3H2,1-2H3,(H2,8,9). The molecule has 1 aliphatic heterocycles. The van der Waals surface area contributed by atoms with Crippen molar-refractivity contribution in [3.05, 3.63) is 10.8 Å². The van der Waals surface area contributed by atoms with Crippen LogP contribution in [0.1, 0.15) is 13.8 Å². The van der Waals surface area contributed by atoms with Gasteiger partial charge < -0.3 is 10.5 Å². The lowest BCUT2D eigenvalue weighted by molar-refractivity contribution is 0.255. The molecule has 0 saturated carbocycles. The first-order valence-corrected chi connectivity index (χ1v) is 4.73. The van der Waals surface area contributed by atoms with Gasteiger partial charge in [0.15, 0.2) is 15.5 Å². The highest BCUT2D eigenvalue weighted by molar-refractivity contribution is 8.30. The molecule has 0 radical (unpaired) electrons. The first kappa shape index (κ1) is 9.03. The summed E-state index contributed by atoms with van der Waals surface area (Å²) in [6.07, 6.45) is 0. The van der Waals surface area contributed by atoms with Crippen molar-refractivity contribution in [2.24, 2.45) is 10.7 Å². The number of nitrogens with zero attached hydrogens (tertiary/aromatic N) is 1. The van der Waals surface area contributed by atoms with E-state index in [0.29, 0.717) is 22.6 Å². The summed E-state index contributed by atoms with van der Waals surface area (Å²) in [5, 5.41) is 2.68. The van der Waals surface area contributed by atoms with Crippen molar-refractivity contribution >= 4 is 20.9 Å². The third-order valence-corrected chi connectivity index (χ3v) is 2.79. The fourth-order valence-corrected chi connectivity index (χ4v) is 2.03. The third-order valence-electron chi connectivity index (χ3n) is 1.33. The van der Waals surface area contributed by atoms with Crippen molar-refractivity contribution in [3.63, 3.8) is 0 Å². The summed E-state index contributed by atoms with van der Waals surface area (Å²) in [5.41, 5.74) is 6.16. The molecule has 1 aliphatic rings. The van der Waals surface area contributed by atoms with Crippen LogP contribution in [0.15, 0.2) is 15.8 Å². The van der Waals surface area contributed by atoms with Gasteiger partial charge in [-0.05, 0) is 13.8 Å². The second-order valence-electron chi connectivity index (χ2n) is 2.15. The second-order valence-corrected chi connectivity index (χ2v) is 3.71. The Bertz CT molecular complexity index is 313. The minimum absolute atomic E-state index is 0.297. The Morgan fingerprint density at radius 2 is 2.42 bits per heavy atom. The van der Waals surface area contributed by atoms with E-state index in [1.165, 1.54) is 0 Å². The van der Waals surface area contributed by atoms with Crippen LogP contribution in [-0.2, 0) is 9.53 Å². The van der Waals surface area contributed by atoms with Crippen LogP contribution in [0.25, 0.3) is 0 Å². The fourth-order valence-electron chi connectivity index (χ4n) is 0.874. The van der Waals surface area contributed by atoms with E-state index in [-0.39, 0.29) is 0 Å². The molecular weight excluding hydrogens is 176 g/mol. The van der Waals surface area contributed by atoms with E-state index in [1.54, 1.807) is 6.92 Å². The molecule has 1 atom stereocenters. The molecule has 1 unspecified atom stereocenters. The van der Waals surface area contributed by atoms with E-state index in [1.807, 2.05) is 12.2 Å². The second kappa shape index (κ2) is 3.56. The maximum Gasteiger partial charge on any atom is 0.186 e. The van der Waals surface area contributed by atoms with Crippen LogP contribution < -0.4 is 5.73 Å². The Morgan fingerprint density at radius 1 is 1.75 bits per heavy atom. The fraction of sp³-hybridized carbons (Fsp3) is 0.429. The third kappa shape index (κ3) is 1.42. The monoisotopic (exact) mass is 186 g/mol. The smallest absolute Gasteiger partial charge is 0.186 e. The molecule has 0 aromatic heterocycles. The highest BCUT2D eigenvalue weighted by Crippen LogP contribution is 2.33. The normalized spacial score (nSPS) is 22.2. The number of rotatable bonds is 2. The Hall–Kier alpha value is -1.06. The molecule has 0 bridgehead atoms. The van der Waals surface area contributed by atoms with Gasteiger partial charge in [0.25, 0.3) is 0 Å². The number of amidine groups is 1. The van der Waals surface area contributed by atoms with Crippen molar-refractivity contribution in [2.45, 2.75) is 13.8 Å². The average Bonchev–Trinajstić information content (AvgIpc) is 2.28. The van der Waals surface area contributed by atoms with Crippen LogP contribution >= 0.6 is 10.5 Å². The molecule has 0 aliphatic carbocycles. The van der Waals surface area contributed by atoms with Gasteiger partial charge in [-0.15, -0.1) is 0 Å². The van der Waals surface area contributed by atoms with Gasteiger partial charge in [-0.1, -0.05) is 0 Å². The lowest BCUT2D eigenvalue weighted by Gasteiger charge is -2.04. The van der Waals surface area contributed by atoms with Crippen molar-refractivity contribution < 1.29 is 9.53 Å². The molecule has 0 aromatic rings. The Labute approximate surface area is 73.0 Å². The summed E-state index contributed by atoms with van der Waals surface area (Å²) in [6, 6.07) is 0.